The molecule has 0 saturated carbocycles. The molecule has 1 aromatic rings. The minimum Gasteiger partial charge on any atom is -0.497 e. The Kier molecular flexibility index (Phi) is 2.38. The molecule has 4 heteroatoms. The van der Waals surface area contributed by atoms with Gasteiger partial charge in [-0.2, -0.15) is 0 Å². The van der Waals surface area contributed by atoms with E-state index in [1.807, 2.05) is 0 Å². The molecule has 0 aromatic carbocycles. The van der Waals surface area contributed by atoms with Crippen LogP contribution in [0.3, 0.4) is 0 Å². The monoisotopic (exact) mass is 170 g/mol. The first-order valence-corrected chi connectivity index (χ1v) is 3.72. The van der Waals surface area contributed by atoms with E-state index in [4.69, 9.17) is 4.74 Å². The molecule has 58 valence electrons. The summed E-state index contributed by atoms with van der Waals surface area (Å²) in [5.74, 6) is 0.427. The third kappa shape index (κ3) is 1.88. The molecule has 11 heavy (non-hydrogen) atoms. The SMILES string of the molecule is COc1cc(C=O)sc(=O)c1. The number of ether oxygens (including phenoxy) is 1. The smallest absolute Gasteiger partial charge is 0.236 e. The summed E-state index contributed by atoms with van der Waals surface area (Å²) in [5.41, 5.74) is 0. The molecule has 0 unspecified atom stereocenters. The van der Waals surface area contributed by atoms with Gasteiger partial charge in [-0.15, -0.1) is 0 Å². The Morgan fingerprint density at radius 1 is 1.55 bits per heavy atom. The van der Waals surface area contributed by atoms with Crippen molar-refractivity contribution in [3.05, 3.63) is 26.5 Å². The normalized spacial score (nSPS) is 9.18. The molecular weight excluding hydrogens is 164 g/mol. The molecule has 0 radical (unpaired) electrons. The maximum Gasteiger partial charge on any atom is 0.236 e. The van der Waals surface area contributed by atoms with E-state index in [1.54, 1.807) is 0 Å². The summed E-state index contributed by atoms with van der Waals surface area (Å²) in [6.45, 7) is 0. The molecule has 1 rings (SSSR count). The summed E-state index contributed by atoms with van der Waals surface area (Å²) >= 11 is 0.903. The molecule has 0 aliphatic heterocycles. The van der Waals surface area contributed by atoms with Crippen LogP contribution in [0.15, 0.2) is 16.9 Å². The second-order valence-electron chi connectivity index (χ2n) is 1.84. The van der Waals surface area contributed by atoms with Crippen LogP contribution >= 0.6 is 11.3 Å². The number of aldehydes is 1. The van der Waals surface area contributed by atoms with E-state index >= 15 is 0 Å². The molecule has 0 aliphatic carbocycles. The Labute approximate surface area is 67.2 Å². The van der Waals surface area contributed by atoms with Gasteiger partial charge < -0.3 is 4.74 Å². The molecule has 0 saturated heterocycles. The van der Waals surface area contributed by atoms with Crippen LogP contribution in [0.25, 0.3) is 0 Å². The Bertz CT molecular complexity index is 316. The third-order valence-corrected chi connectivity index (χ3v) is 1.88. The minimum absolute atomic E-state index is 0.175. The van der Waals surface area contributed by atoms with Crippen molar-refractivity contribution in [3.63, 3.8) is 0 Å². The lowest BCUT2D eigenvalue weighted by atomic mass is 10.4. The Morgan fingerprint density at radius 2 is 2.27 bits per heavy atom. The van der Waals surface area contributed by atoms with Gasteiger partial charge in [0.05, 0.1) is 12.0 Å². The minimum atomic E-state index is -0.175. The van der Waals surface area contributed by atoms with Gasteiger partial charge in [-0.1, -0.05) is 11.3 Å². The van der Waals surface area contributed by atoms with Crippen LogP contribution in [0, 0.1) is 0 Å². The summed E-state index contributed by atoms with van der Waals surface area (Å²) in [5, 5.41) is 0. The van der Waals surface area contributed by atoms with Crippen molar-refractivity contribution in [2.45, 2.75) is 0 Å². The van der Waals surface area contributed by atoms with E-state index in [9.17, 15) is 9.59 Å². The lowest BCUT2D eigenvalue weighted by molar-refractivity contribution is 0.112. The van der Waals surface area contributed by atoms with Crippen molar-refractivity contribution in [2.75, 3.05) is 7.11 Å². The molecule has 0 spiro atoms. The average Bonchev–Trinajstić information content (AvgIpc) is 2.03. The van der Waals surface area contributed by atoms with Crippen LogP contribution in [-0.4, -0.2) is 13.4 Å². The highest BCUT2D eigenvalue weighted by molar-refractivity contribution is 7.10. The van der Waals surface area contributed by atoms with Gasteiger partial charge in [0.1, 0.15) is 5.75 Å². The first kappa shape index (κ1) is 7.94. The van der Waals surface area contributed by atoms with E-state index in [0.29, 0.717) is 16.9 Å². The zero-order valence-corrected chi connectivity index (χ0v) is 6.68. The van der Waals surface area contributed by atoms with Gasteiger partial charge in [0.25, 0.3) is 0 Å². The Balaban J connectivity index is 3.22. The highest BCUT2D eigenvalue weighted by Gasteiger charge is 1.97. The summed E-state index contributed by atoms with van der Waals surface area (Å²) < 4.78 is 4.61. The predicted molar refractivity (Wildman–Crippen MR) is 42.5 cm³/mol. The van der Waals surface area contributed by atoms with Crippen molar-refractivity contribution in [3.8, 4) is 5.75 Å². The molecule has 0 aliphatic rings. The maximum atomic E-state index is 10.8. The van der Waals surface area contributed by atoms with Gasteiger partial charge in [0.2, 0.25) is 4.74 Å². The summed E-state index contributed by atoms with van der Waals surface area (Å²) in [7, 11) is 1.45. The van der Waals surface area contributed by atoms with Crippen molar-refractivity contribution < 1.29 is 9.53 Å². The maximum absolute atomic E-state index is 10.8. The highest BCUT2D eigenvalue weighted by Crippen LogP contribution is 2.10. The summed E-state index contributed by atoms with van der Waals surface area (Å²) in [6.07, 6.45) is 0.634. The fourth-order valence-electron chi connectivity index (χ4n) is 0.649. The quantitative estimate of drug-likeness (QED) is 0.620. The fourth-order valence-corrected chi connectivity index (χ4v) is 1.28. The average molecular weight is 170 g/mol. The number of hydrogen-bond donors (Lipinski definition) is 0. The number of carbonyl (C=O) groups excluding carboxylic acids is 1. The largest absolute Gasteiger partial charge is 0.497 e. The Hall–Kier alpha value is -1.16. The van der Waals surface area contributed by atoms with Crippen LogP contribution in [0.4, 0.5) is 0 Å². The molecule has 1 heterocycles. The summed E-state index contributed by atoms with van der Waals surface area (Å²) in [4.78, 5) is 21.4. The molecule has 0 amide bonds. The topological polar surface area (TPSA) is 43.4 Å². The van der Waals surface area contributed by atoms with Gasteiger partial charge in [0, 0.05) is 12.1 Å². The first-order chi connectivity index (χ1) is 5.26. The fraction of sp³-hybridized carbons (Fsp3) is 0.143. The van der Waals surface area contributed by atoms with Crippen LogP contribution in [0.2, 0.25) is 0 Å². The summed E-state index contributed by atoms with van der Waals surface area (Å²) in [6, 6.07) is 2.87. The van der Waals surface area contributed by atoms with Gasteiger partial charge in [0.15, 0.2) is 6.29 Å². The zero-order chi connectivity index (χ0) is 8.27. The van der Waals surface area contributed by atoms with Crippen molar-refractivity contribution in [1.82, 2.24) is 0 Å². The van der Waals surface area contributed by atoms with Gasteiger partial charge >= 0.3 is 0 Å². The standard InChI is InChI=1S/C7H6O3S/c1-10-5-2-6(4-8)11-7(9)3-5/h2-4H,1H3. The predicted octanol–water partition coefficient (Wildman–Crippen LogP) is 0.929. The molecule has 0 fully saturated rings. The Morgan fingerprint density at radius 3 is 2.82 bits per heavy atom. The van der Waals surface area contributed by atoms with Crippen LogP contribution < -0.4 is 9.48 Å². The lowest BCUT2D eigenvalue weighted by Gasteiger charge is -1.96. The van der Waals surface area contributed by atoms with Crippen LogP contribution in [0.1, 0.15) is 9.67 Å². The lowest BCUT2D eigenvalue weighted by Crippen LogP contribution is -1.95. The van der Waals surface area contributed by atoms with E-state index in [0.717, 1.165) is 11.3 Å². The molecule has 0 atom stereocenters. The molecule has 3 nitrogen and oxygen atoms in total. The van der Waals surface area contributed by atoms with Crippen LogP contribution in [-0.2, 0) is 0 Å². The van der Waals surface area contributed by atoms with E-state index < -0.39 is 0 Å². The third-order valence-electron chi connectivity index (χ3n) is 1.11. The van der Waals surface area contributed by atoms with Crippen molar-refractivity contribution in [2.24, 2.45) is 0 Å². The van der Waals surface area contributed by atoms with Gasteiger partial charge in [-0.25, -0.2) is 0 Å². The number of methoxy groups -OCH3 is 1. The van der Waals surface area contributed by atoms with Gasteiger partial charge in [-0.3, -0.25) is 9.59 Å². The second-order valence-corrected chi connectivity index (χ2v) is 2.91. The molecule has 0 N–H and O–H groups in total. The van der Waals surface area contributed by atoms with Gasteiger partial charge in [-0.05, 0) is 0 Å². The zero-order valence-electron chi connectivity index (χ0n) is 5.87. The number of carbonyl (C=O) groups is 1. The van der Waals surface area contributed by atoms with E-state index in [-0.39, 0.29) is 4.74 Å². The van der Waals surface area contributed by atoms with E-state index in [1.165, 1.54) is 19.2 Å². The van der Waals surface area contributed by atoms with Crippen LogP contribution in [0.5, 0.6) is 5.75 Å². The number of rotatable bonds is 2. The molecule has 0 bridgehead atoms. The molecule has 1 aromatic heterocycles. The van der Waals surface area contributed by atoms with E-state index in [2.05, 4.69) is 0 Å². The van der Waals surface area contributed by atoms with Crippen molar-refractivity contribution >= 4 is 17.6 Å². The second kappa shape index (κ2) is 3.30. The highest BCUT2D eigenvalue weighted by atomic mass is 32.1. The van der Waals surface area contributed by atoms with Crippen molar-refractivity contribution in [1.29, 1.82) is 0 Å². The first-order valence-electron chi connectivity index (χ1n) is 2.90. The molecular formula is C7H6O3S. The number of hydrogen-bond acceptors (Lipinski definition) is 4.